The number of hydrogen-bond donors (Lipinski definition) is 7. The monoisotopic (exact) mass is 404 g/mol. The minimum Gasteiger partial charge on any atom is -0.481 e. The van der Waals surface area contributed by atoms with Gasteiger partial charge in [0, 0.05) is 12.8 Å². The quantitative estimate of drug-likeness (QED) is 0.167. The predicted molar refractivity (Wildman–Crippen MR) is 91.9 cm³/mol. The van der Waals surface area contributed by atoms with E-state index in [9.17, 15) is 28.8 Å². The van der Waals surface area contributed by atoms with Gasteiger partial charge in [0.1, 0.15) is 12.1 Å². The van der Waals surface area contributed by atoms with Gasteiger partial charge in [-0.25, -0.2) is 4.79 Å². The van der Waals surface area contributed by atoms with Crippen molar-refractivity contribution in [2.75, 3.05) is 6.54 Å². The Morgan fingerprint density at radius 1 is 0.857 bits per heavy atom. The molecule has 28 heavy (non-hydrogen) atoms. The van der Waals surface area contributed by atoms with Gasteiger partial charge in [0.05, 0.1) is 12.6 Å². The summed E-state index contributed by atoms with van der Waals surface area (Å²) in [4.78, 5) is 67.3. The van der Waals surface area contributed by atoms with Gasteiger partial charge in [-0.1, -0.05) is 0 Å². The van der Waals surface area contributed by atoms with Crippen molar-refractivity contribution in [1.82, 2.24) is 16.0 Å². The minimum atomic E-state index is -1.44. The molecule has 13 nitrogen and oxygen atoms in total. The third-order valence-electron chi connectivity index (χ3n) is 3.46. The first-order valence-corrected chi connectivity index (χ1v) is 8.23. The maximum atomic E-state index is 11.9. The lowest BCUT2D eigenvalue weighted by Crippen LogP contribution is -2.52. The molecule has 8 N–H and O–H groups in total. The van der Waals surface area contributed by atoms with E-state index < -0.39 is 66.7 Å². The van der Waals surface area contributed by atoms with E-state index >= 15 is 0 Å². The highest BCUT2D eigenvalue weighted by molar-refractivity contribution is 5.92. The van der Waals surface area contributed by atoms with Crippen LogP contribution in [0.1, 0.15) is 32.6 Å². The number of aliphatic carboxylic acids is 3. The van der Waals surface area contributed by atoms with Gasteiger partial charge < -0.3 is 37.0 Å². The molecule has 0 aromatic carbocycles. The Bertz CT molecular complexity index is 623. The molecule has 158 valence electrons. The van der Waals surface area contributed by atoms with Gasteiger partial charge in [-0.3, -0.25) is 24.0 Å². The predicted octanol–water partition coefficient (Wildman–Crippen LogP) is -2.77. The fourth-order valence-corrected chi connectivity index (χ4v) is 1.89. The van der Waals surface area contributed by atoms with E-state index in [0.29, 0.717) is 0 Å². The average Bonchev–Trinajstić information content (AvgIpc) is 2.60. The summed E-state index contributed by atoms with van der Waals surface area (Å²) in [6.07, 6.45) is -1.23. The third-order valence-corrected chi connectivity index (χ3v) is 3.46. The number of hydrogen-bond acceptors (Lipinski definition) is 7. The normalized spacial score (nSPS) is 13.5. The smallest absolute Gasteiger partial charge is 0.326 e. The van der Waals surface area contributed by atoms with Crippen molar-refractivity contribution in [3.63, 3.8) is 0 Å². The fraction of sp³-hybridized carbons (Fsp3) is 0.600. The highest BCUT2D eigenvalue weighted by atomic mass is 16.4. The second-order valence-corrected chi connectivity index (χ2v) is 5.88. The second-order valence-electron chi connectivity index (χ2n) is 5.88. The van der Waals surface area contributed by atoms with E-state index in [0.717, 1.165) is 0 Å². The van der Waals surface area contributed by atoms with E-state index in [1.54, 1.807) is 0 Å². The Morgan fingerprint density at radius 3 is 1.89 bits per heavy atom. The molecule has 0 aliphatic heterocycles. The molecule has 0 aliphatic carbocycles. The van der Waals surface area contributed by atoms with Crippen molar-refractivity contribution in [3.8, 4) is 0 Å². The number of nitrogens with one attached hydrogen (secondary N) is 3. The standard InChI is InChI=1S/C15H24N4O9/c1-7(13(25)19-9(15(27)28)3-5-12(23)24)18-10(20)6-17-14(26)8(16)2-4-11(21)22/h7-9H,2-6,16H2,1H3,(H,17,26)(H,18,20)(H,19,25)(H,21,22)(H,23,24)(H,27,28). The lowest BCUT2D eigenvalue weighted by atomic mass is 10.1. The van der Waals surface area contributed by atoms with E-state index in [4.69, 9.17) is 21.1 Å². The summed E-state index contributed by atoms with van der Waals surface area (Å²) in [5, 5.41) is 32.6. The summed E-state index contributed by atoms with van der Waals surface area (Å²) in [5.41, 5.74) is 5.47. The summed E-state index contributed by atoms with van der Waals surface area (Å²) < 4.78 is 0. The molecule has 3 unspecified atom stereocenters. The Hall–Kier alpha value is -3.22. The van der Waals surface area contributed by atoms with Gasteiger partial charge in [0.15, 0.2) is 0 Å². The molecule has 3 amide bonds. The SMILES string of the molecule is CC(NC(=O)CNC(=O)C(N)CCC(=O)O)C(=O)NC(CCC(=O)O)C(=O)O. The zero-order valence-electron chi connectivity index (χ0n) is 15.1. The first kappa shape index (κ1) is 24.8. The molecule has 0 heterocycles. The van der Waals surface area contributed by atoms with Crippen LogP contribution in [0.5, 0.6) is 0 Å². The molecular formula is C15H24N4O9. The van der Waals surface area contributed by atoms with Crippen molar-refractivity contribution in [1.29, 1.82) is 0 Å². The average molecular weight is 404 g/mol. The number of carbonyl (C=O) groups is 6. The van der Waals surface area contributed by atoms with E-state index in [1.165, 1.54) is 6.92 Å². The molecule has 0 saturated heterocycles. The zero-order valence-corrected chi connectivity index (χ0v) is 15.1. The van der Waals surface area contributed by atoms with E-state index in [2.05, 4.69) is 16.0 Å². The molecule has 0 radical (unpaired) electrons. The number of carboxylic acids is 3. The Morgan fingerprint density at radius 2 is 1.39 bits per heavy atom. The van der Waals surface area contributed by atoms with Crippen LogP contribution in [0, 0.1) is 0 Å². The van der Waals surface area contributed by atoms with Crippen LogP contribution >= 0.6 is 0 Å². The first-order valence-electron chi connectivity index (χ1n) is 8.23. The molecule has 0 aromatic heterocycles. The van der Waals surface area contributed by atoms with Crippen molar-refractivity contribution < 1.29 is 44.1 Å². The van der Waals surface area contributed by atoms with Crippen molar-refractivity contribution in [2.24, 2.45) is 5.73 Å². The van der Waals surface area contributed by atoms with Crippen molar-refractivity contribution in [2.45, 2.75) is 50.7 Å². The van der Waals surface area contributed by atoms with Crippen molar-refractivity contribution >= 4 is 35.6 Å². The number of rotatable bonds is 13. The maximum Gasteiger partial charge on any atom is 0.326 e. The van der Waals surface area contributed by atoms with Gasteiger partial charge in [-0.15, -0.1) is 0 Å². The summed E-state index contributed by atoms with van der Waals surface area (Å²) >= 11 is 0. The number of nitrogens with two attached hydrogens (primary N) is 1. The lowest BCUT2D eigenvalue weighted by molar-refractivity contribution is -0.143. The van der Waals surface area contributed by atoms with Gasteiger partial charge >= 0.3 is 17.9 Å². The van der Waals surface area contributed by atoms with E-state index in [1.807, 2.05) is 0 Å². The molecule has 0 aliphatic rings. The highest BCUT2D eigenvalue weighted by Crippen LogP contribution is 1.99. The molecule has 0 aromatic rings. The molecular weight excluding hydrogens is 380 g/mol. The molecule has 13 heteroatoms. The first-order chi connectivity index (χ1) is 12.9. The molecule has 0 fully saturated rings. The van der Waals surface area contributed by atoms with Crippen LogP contribution < -0.4 is 21.7 Å². The number of carbonyl (C=O) groups excluding carboxylic acids is 3. The van der Waals surface area contributed by atoms with Crippen LogP contribution in [-0.2, 0) is 28.8 Å². The van der Waals surface area contributed by atoms with Crippen LogP contribution in [0.3, 0.4) is 0 Å². The molecule has 0 bridgehead atoms. The lowest BCUT2D eigenvalue weighted by Gasteiger charge is -2.18. The second kappa shape index (κ2) is 12.2. The molecule has 3 atom stereocenters. The largest absolute Gasteiger partial charge is 0.481 e. The van der Waals surface area contributed by atoms with Crippen molar-refractivity contribution in [3.05, 3.63) is 0 Å². The van der Waals surface area contributed by atoms with Crippen LogP contribution in [0.15, 0.2) is 0 Å². The van der Waals surface area contributed by atoms with Crippen LogP contribution in [-0.4, -0.2) is 75.6 Å². The van der Waals surface area contributed by atoms with Crippen LogP contribution in [0.2, 0.25) is 0 Å². The van der Waals surface area contributed by atoms with Crippen LogP contribution in [0.4, 0.5) is 0 Å². The van der Waals surface area contributed by atoms with Gasteiger partial charge in [0.25, 0.3) is 0 Å². The summed E-state index contributed by atoms with van der Waals surface area (Å²) in [6, 6.07) is -3.71. The molecule has 0 saturated carbocycles. The minimum absolute atomic E-state index is 0.117. The molecule has 0 spiro atoms. The fourth-order valence-electron chi connectivity index (χ4n) is 1.89. The summed E-state index contributed by atoms with van der Waals surface area (Å²) in [6.45, 7) is 0.738. The van der Waals surface area contributed by atoms with E-state index in [-0.39, 0.29) is 19.3 Å². The zero-order chi connectivity index (χ0) is 21.9. The van der Waals surface area contributed by atoms with Gasteiger partial charge in [0.2, 0.25) is 17.7 Å². The van der Waals surface area contributed by atoms with Gasteiger partial charge in [-0.2, -0.15) is 0 Å². The Labute approximate surface area is 159 Å². The summed E-state index contributed by atoms with van der Waals surface area (Å²) in [7, 11) is 0. The number of amides is 3. The van der Waals surface area contributed by atoms with Crippen LogP contribution in [0.25, 0.3) is 0 Å². The summed E-state index contributed by atoms with van der Waals surface area (Å²) in [5.74, 6) is -6.12. The Balaban J connectivity index is 4.42. The Kier molecular flexibility index (Phi) is 10.8. The maximum absolute atomic E-state index is 11.9. The topological polar surface area (TPSA) is 225 Å². The highest BCUT2D eigenvalue weighted by Gasteiger charge is 2.24. The molecule has 0 rings (SSSR count). The van der Waals surface area contributed by atoms with Gasteiger partial charge in [-0.05, 0) is 19.8 Å². The third kappa shape index (κ3) is 10.7. The number of carboxylic acid groups (broad SMARTS) is 3.